The predicted octanol–water partition coefficient (Wildman–Crippen LogP) is 2.37. The number of nitrogens with zero attached hydrogens (tertiary/aromatic N) is 2. The molecule has 1 aromatic carbocycles. The summed E-state index contributed by atoms with van der Waals surface area (Å²) in [5, 5.41) is 4.17. The molecule has 0 bridgehead atoms. The van der Waals surface area contributed by atoms with E-state index in [9.17, 15) is 9.18 Å². The zero-order chi connectivity index (χ0) is 15.6. The summed E-state index contributed by atoms with van der Waals surface area (Å²) in [5.74, 6) is -0.925. The third-order valence-electron chi connectivity index (χ3n) is 3.36. The fraction of sp³-hybridized carbons (Fsp3) is 0.333. The van der Waals surface area contributed by atoms with E-state index in [2.05, 4.69) is 5.10 Å². The van der Waals surface area contributed by atoms with Crippen LogP contribution in [-0.2, 0) is 24.8 Å². The molecule has 0 aliphatic rings. The molecule has 6 heteroatoms. The number of hydrogen-bond donors (Lipinski definition) is 1. The number of esters is 1. The van der Waals surface area contributed by atoms with E-state index in [0.29, 0.717) is 23.4 Å². The average Bonchev–Trinajstić information content (AvgIpc) is 2.74. The second kappa shape index (κ2) is 5.95. The van der Waals surface area contributed by atoms with Crippen molar-refractivity contribution in [3.8, 4) is 0 Å². The molecule has 0 aliphatic carbocycles. The lowest BCUT2D eigenvalue weighted by atomic mass is 10.1. The van der Waals surface area contributed by atoms with Gasteiger partial charge in [0.05, 0.1) is 11.4 Å². The van der Waals surface area contributed by atoms with Crippen molar-refractivity contribution in [2.45, 2.75) is 26.9 Å². The molecule has 0 fully saturated rings. The first-order valence-corrected chi connectivity index (χ1v) is 6.67. The molecule has 2 rings (SSSR count). The Balaban J connectivity index is 2.15. The molecule has 0 atom stereocenters. The monoisotopic (exact) mass is 291 g/mol. The molecule has 0 unspecified atom stereocenters. The molecule has 5 nitrogen and oxygen atoms in total. The van der Waals surface area contributed by atoms with Gasteiger partial charge >= 0.3 is 5.97 Å². The summed E-state index contributed by atoms with van der Waals surface area (Å²) >= 11 is 0. The van der Waals surface area contributed by atoms with Gasteiger partial charge in [-0.3, -0.25) is 4.68 Å². The fourth-order valence-electron chi connectivity index (χ4n) is 2.11. The molecular formula is C15H18FN3O2. The zero-order valence-corrected chi connectivity index (χ0v) is 12.3. The topological polar surface area (TPSA) is 70.1 Å². The van der Waals surface area contributed by atoms with Crippen molar-refractivity contribution in [2.75, 3.05) is 5.73 Å². The van der Waals surface area contributed by atoms with Crippen molar-refractivity contribution in [3.05, 3.63) is 46.5 Å². The normalized spacial score (nSPS) is 10.7. The number of hydrogen-bond acceptors (Lipinski definition) is 4. The van der Waals surface area contributed by atoms with Crippen LogP contribution in [0.2, 0.25) is 0 Å². The highest BCUT2D eigenvalue weighted by Crippen LogP contribution is 2.19. The molecule has 21 heavy (non-hydrogen) atoms. The van der Waals surface area contributed by atoms with E-state index >= 15 is 0 Å². The minimum Gasteiger partial charge on any atom is -0.456 e. The van der Waals surface area contributed by atoms with Crippen molar-refractivity contribution in [2.24, 2.45) is 7.05 Å². The summed E-state index contributed by atoms with van der Waals surface area (Å²) < 4.78 is 19.8. The van der Waals surface area contributed by atoms with Crippen LogP contribution in [-0.4, -0.2) is 15.7 Å². The highest BCUT2D eigenvalue weighted by atomic mass is 19.1. The van der Waals surface area contributed by atoms with Gasteiger partial charge in [-0.1, -0.05) is 13.0 Å². The van der Waals surface area contributed by atoms with Crippen molar-refractivity contribution < 1.29 is 13.9 Å². The number of ether oxygens (including phenoxy) is 1. The molecular weight excluding hydrogens is 273 g/mol. The van der Waals surface area contributed by atoms with Crippen LogP contribution in [0.1, 0.15) is 34.2 Å². The van der Waals surface area contributed by atoms with Crippen molar-refractivity contribution in [1.29, 1.82) is 0 Å². The van der Waals surface area contributed by atoms with E-state index in [-0.39, 0.29) is 18.1 Å². The molecule has 1 heterocycles. The molecule has 0 aliphatic heterocycles. The smallest absolute Gasteiger partial charge is 0.359 e. The lowest BCUT2D eigenvalue weighted by Crippen LogP contribution is -2.13. The van der Waals surface area contributed by atoms with E-state index in [1.807, 2.05) is 13.8 Å². The van der Waals surface area contributed by atoms with Gasteiger partial charge in [-0.25, -0.2) is 9.18 Å². The molecule has 0 radical (unpaired) electrons. The van der Waals surface area contributed by atoms with Crippen LogP contribution in [0.15, 0.2) is 18.2 Å². The van der Waals surface area contributed by atoms with Crippen molar-refractivity contribution >= 4 is 11.7 Å². The van der Waals surface area contributed by atoms with Crippen LogP contribution < -0.4 is 5.73 Å². The molecule has 2 aromatic rings. The average molecular weight is 291 g/mol. The molecule has 0 amide bonds. The van der Waals surface area contributed by atoms with Gasteiger partial charge in [0.15, 0.2) is 5.69 Å². The zero-order valence-electron chi connectivity index (χ0n) is 12.3. The van der Waals surface area contributed by atoms with E-state index in [1.54, 1.807) is 13.1 Å². The highest BCUT2D eigenvalue weighted by Gasteiger charge is 2.20. The Bertz CT molecular complexity index is 680. The first-order valence-electron chi connectivity index (χ1n) is 6.67. The van der Waals surface area contributed by atoms with Crippen LogP contribution in [0.25, 0.3) is 0 Å². The summed E-state index contributed by atoms with van der Waals surface area (Å²) in [6, 6.07) is 4.37. The third-order valence-corrected chi connectivity index (χ3v) is 3.36. The number of benzene rings is 1. The Morgan fingerprint density at radius 1 is 1.48 bits per heavy atom. The third kappa shape index (κ3) is 3.04. The van der Waals surface area contributed by atoms with Gasteiger partial charge in [-0.05, 0) is 36.6 Å². The first kappa shape index (κ1) is 15.0. The van der Waals surface area contributed by atoms with E-state index < -0.39 is 5.97 Å². The van der Waals surface area contributed by atoms with Gasteiger partial charge in [0.1, 0.15) is 12.4 Å². The maximum atomic E-state index is 13.2. The minimum absolute atomic E-state index is 0.00545. The fourth-order valence-corrected chi connectivity index (χ4v) is 2.11. The Morgan fingerprint density at radius 2 is 2.19 bits per heavy atom. The number of rotatable bonds is 4. The number of aryl methyl sites for hydroxylation is 3. The Labute approximate surface area is 122 Å². The van der Waals surface area contributed by atoms with Crippen LogP contribution in [0.4, 0.5) is 10.1 Å². The van der Waals surface area contributed by atoms with Crippen molar-refractivity contribution in [3.63, 3.8) is 0 Å². The van der Waals surface area contributed by atoms with Gasteiger partial charge in [0, 0.05) is 7.05 Å². The van der Waals surface area contributed by atoms with Crippen LogP contribution >= 0.6 is 0 Å². The van der Waals surface area contributed by atoms with E-state index in [0.717, 1.165) is 5.56 Å². The molecule has 2 N–H and O–H groups in total. The molecule has 0 saturated heterocycles. The Kier molecular flexibility index (Phi) is 4.26. The molecule has 1 aromatic heterocycles. The largest absolute Gasteiger partial charge is 0.456 e. The minimum atomic E-state index is -0.564. The first-order chi connectivity index (χ1) is 9.93. The van der Waals surface area contributed by atoms with Gasteiger partial charge in [-0.15, -0.1) is 0 Å². The highest BCUT2D eigenvalue weighted by molar-refractivity contribution is 5.93. The van der Waals surface area contributed by atoms with E-state index in [1.165, 1.54) is 16.8 Å². The molecule has 112 valence electrons. The number of halogens is 1. The van der Waals surface area contributed by atoms with Gasteiger partial charge in [0.2, 0.25) is 0 Å². The number of anilines is 1. The van der Waals surface area contributed by atoms with Crippen LogP contribution in [0.3, 0.4) is 0 Å². The summed E-state index contributed by atoms with van der Waals surface area (Å²) in [4.78, 5) is 12.1. The van der Waals surface area contributed by atoms with E-state index in [4.69, 9.17) is 10.5 Å². The van der Waals surface area contributed by atoms with Gasteiger partial charge in [-0.2, -0.15) is 5.10 Å². The maximum absolute atomic E-state index is 13.2. The van der Waals surface area contributed by atoms with Crippen LogP contribution in [0.5, 0.6) is 0 Å². The number of aromatic nitrogens is 2. The summed E-state index contributed by atoms with van der Waals surface area (Å²) in [7, 11) is 1.64. The standard InChI is InChI=1S/C15H18FN3O2/c1-4-12-13(17)14(19(3)18-12)15(20)21-8-10-7-11(16)6-5-9(10)2/h5-7H,4,8,17H2,1-3H3. The molecule has 0 spiro atoms. The molecule has 0 saturated carbocycles. The quantitative estimate of drug-likeness (QED) is 0.878. The summed E-state index contributed by atoms with van der Waals surface area (Å²) in [5.41, 5.74) is 8.59. The number of carbonyl (C=O) groups is 1. The summed E-state index contributed by atoms with van der Waals surface area (Å²) in [6.45, 7) is 3.73. The Hall–Kier alpha value is -2.37. The second-order valence-electron chi connectivity index (χ2n) is 4.83. The van der Waals surface area contributed by atoms with Crippen molar-refractivity contribution in [1.82, 2.24) is 9.78 Å². The lowest BCUT2D eigenvalue weighted by molar-refractivity contribution is 0.0460. The summed E-state index contributed by atoms with van der Waals surface area (Å²) in [6.07, 6.45) is 0.635. The number of nitrogen functional groups attached to an aromatic ring is 1. The second-order valence-corrected chi connectivity index (χ2v) is 4.83. The SMILES string of the molecule is CCc1nn(C)c(C(=O)OCc2cc(F)ccc2C)c1N. The maximum Gasteiger partial charge on any atom is 0.359 e. The predicted molar refractivity (Wildman–Crippen MR) is 77.3 cm³/mol. The number of carbonyl (C=O) groups excluding carboxylic acids is 1. The van der Waals surface area contributed by atoms with Gasteiger partial charge in [0.25, 0.3) is 0 Å². The van der Waals surface area contributed by atoms with Gasteiger partial charge < -0.3 is 10.5 Å². The Morgan fingerprint density at radius 3 is 2.81 bits per heavy atom. The number of nitrogens with two attached hydrogens (primary N) is 1. The van der Waals surface area contributed by atoms with Crippen LogP contribution in [0, 0.1) is 12.7 Å². The lowest BCUT2D eigenvalue weighted by Gasteiger charge is -2.08.